The number of aliphatic hydroxyl groups is 3. The van der Waals surface area contributed by atoms with Crippen LogP contribution in [0.1, 0.15) is 79.1 Å². The summed E-state index contributed by atoms with van der Waals surface area (Å²) in [6, 6.07) is 0. The van der Waals surface area contributed by atoms with Crippen molar-refractivity contribution in [3.05, 3.63) is 35.5 Å². The Bertz CT molecular complexity index is 686. The topological polar surface area (TPSA) is 69.9 Å². The van der Waals surface area contributed by atoms with E-state index in [1.165, 1.54) is 31.3 Å². The molecule has 30 heavy (non-hydrogen) atoms. The van der Waals surface area contributed by atoms with Crippen LogP contribution >= 0.6 is 0 Å². The number of aliphatic hydroxyl groups excluding tert-OH is 2. The lowest BCUT2D eigenvalue weighted by molar-refractivity contribution is -0.0454. The number of fused-ring (bicyclic) bond motifs is 1. The maximum Gasteiger partial charge on any atom is 0.0811 e. The van der Waals surface area contributed by atoms with Crippen LogP contribution in [-0.2, 0) is 4.74 Å². The van der Waals surface area contributed by atoms with Crippen molar-refractivity contribution in [1.29, 1.82) is 0 Å². The van der Waals surface area contributed by atoms with E-state index in [0.29, 0.717) is 37.7 Å². The van der Waals surface area contributed by atoms with Gasteiger partial charge in [0.05, 0.1) is 23.9 Å². The first-order valence-corrected chi connectivity index (χ1v) is 11.8. The number of hydrogen-bond donors (Lipinski definition) is 3. The summed E-state index contributed by atoms with van der Waals surface area (Å²) in [6.07, 6.45) is 11.0. The molecule has 0 heterocycles. The third-order valence-electron chi connectivity index (χ3n) is 7.96. The molecule has 0 radical (unpaired) electrons. The maximum absolute atomic E-state index is 10.1. The van der Waals surface area contributed by atoms with Crippen LogP contribution in [0.3, 0.4) is 0 Å². The zero-order valence-corrected chi connectivity index (χ0v) is 19.4. The monoisotopic (exact) mass is 418 g/mol. The fraction of sp³-hybridized carbons (Fsp3) is 0.769. The van der Waals surface area contributed by atoms with E-state index in [0.717, 1.165) is 17.6 Å². The van der Waals surface area contributed by atoms with Gasteiger partial charge in [-0.3, -0.25) is 0 Å². The van der Waals surface area contributed by atoms with Crippen LogP contribution in [0, 0.1) is 17.3 Å². The van der Waals surface area contributed by atoms with Crippen molar-refractivity contribution in [2.75, 3.05) is 6.61 Å². The van der Waals surface area contributed by atoms with Crippen molar-refractivity contribution in [3.8, 4) is 0 Å². The highest BCUT2D eigenvalue weighted by atomic mass is 16.5. The summed E-state index contributed by atoms with van der Waals surface area (Å²) in [7, 11) is 0. The molecule has 6 atom stereocenters. The lowest BCUT2D eigenvalue weighted by atomic mass is 9.62. The molecule has 0 aliphatic heterocycles. The summed E-state index contributed by atoms with van der Waals surface area (Å²) in [5.74, 6) is 1.11. The quantitative estimate of drug-likeness (QED) is 0.585. The molecule has 3 saturated carbocycles. The van der Waals surface area contributed by atoms with Crippen molar-refractivity contribution in [2.45, 2.75) is 103 Å². The average Bonchev–Trinajstić information content (AvgIpc) is 3.00. The Balaban J connectivity index is 1.70. The van der Waals surface area contributed by atoms with E-state index in [2.05, 4.69) is 32.6 Å². The first-order valence-electron chi connectivity index (χ1n) is 11.8. The van der Waals surface area contributed by atoms with Crippen LogP contribution in [0.15, 0.2) is 35.5 Å². The zero-order chi connectivity index (χ0) is 22.1. The predicted molar refractivity (Wildman–Crippen MR) is 121 cm³/mol. The van der Waals surface area contributed by atoms with Crippen molar-refractivity contribution < 1.29 is 20.1 Å². The van der Waals surface area contributed by atoms with Crippen LogP contribution in [0.2, 0.25) is 0 Å². The normalized spacial score (nSPS) is 38.8. The summed E-state index contributed by atoms with van der Waals surface area (Å²) in [4.78, 5) is 0. The van der Waals surface area contributed by atoms with Gasteiger partial charge in [-0.2, -0.15) is 0 Å². The van der Waals surface area contributed by atoms with E-state index in [4.69, 9.17) is 4.74 Å². The second-order valence-electron chi connectivity index (χ2n) is 10.8. The molecule has 3 N–H and O–H groups in total. The Hall–Kier alpha value is -0.940. The zero-order valence-electron chi connectivity index (χ0n) is 19.4. The van der Waals surface area contributed by atoms with Gasteiger partial charge in [-0.1, -0.05) is 31.2 Å². The van der Waals surface area contributed by atoms with Crippen LogP contribution in [-0.4, -0.2) is 45.8 Å². The third-order valence-corrected chi connectivity index (χ3v) is 7.96. The van der Waals surface area contributed by atoms with Crippen molar-refractivity contribution in [1.82, 2.24) is 0 Å². The molecule has 3 aliphatic carbocycles. The molecule has 0 spiro atoms. The van der Waals surface area contributed by atoms with Gasteiger partial charge >= 0.3 is 0 Å². The molecule has 0 aromatic heterocycles. The average molecular weight is 419 g/mol. The van der Waals surface area contributed by atoms with Crippen molar-refractivity contribution >= 4 is 0 Å². The largest absolute Gasteiger partial charge is 0.393 e. The van der Waals surface area contributed by atoms with Gasteiger partial charge in [-0.05, 0) is 94.1 Å². The third kappa shape index (κ3) is 5.27. The Morgan fingerprint density at radius 2 is 2.00 bits per heavy atom. The summed E-state index contributed by atoms with van der Waals surface area (Å²) in [5.41, 5.74) is 2.82. The highest BCUT2D eigenvalue weighted by Gasteiger charge is 2.51. The molecule has 3 rings (SSSR count). The van der Waals surface area contributed by atoms with E-state index >= 15 is 0 Å². The molecular weight excluding hydrogens is 376 g/mol. The van der Waals surface area contributed by atoms with Gasteiger partial charge in [0.15, 0.2) is 0 Å². The lowest BCUT2D eigenvalue weighted by Gasteiger charge is -2.44. The van der Waals surface area contributed by atoms with Crippen molar-refractivity contribution in [3.63, 3.8) is 0 Å². The standard InChI is InChI=1S/C26H42O4/c1-17-20(15-21(27)16-24(17)28)9-8-19-7-6-12-26(5)22(10-11-23(19)26)18(2)30-14-13-25(3,4)29/h8-9,18,21-24,27-29H,1,6-7,10-16H2,2-5H3/b19-8+,20-9-/t18?,21?,22-,23?,24?,26-/m1/s1. The van der Waals surface area contributed by atoms with E-state index in [1.54, 1.807) is 0 Å². The molecule has 0 aromatic carbocycles. The molecule has 0 aromatic rings. The second kappa shape index (κ2) is 9.28. The maximum atomic E-state index is 10.1. The van der Waals surface area contributed by atoms with Crippen LogP contribution < -0.4 is 0 Å². The summed E-state index contributed by atoms with van der Waals surface area (Å²) in [6.45, 7) is 13.0. The number of rotatable bonds is 6. The highest BCUT2D eigenvalue weighted by molar-refractivity contribution is 5.38. The Labute approximate surface area is 182 Å². The Morgan fingerprint density at radius 3 is 2.70 bits per heavy atom. The molecule has 3 aliphatic rings. The molecule has 4 heteroatoms. The van der Waals surface area contributed by atoms with Gasteiger partial charge in [0.25, 0.3) is 0 Å². The Morgan fingerprint density at radius 1 is 1.27 bits per heavy atom. The second-order valence-corrected chi connectivity index (χ2v) is 10.8. The van der Waals surface area contributed by atoms with Crippen LogP contribution in [0.25, 0.3) is 0 Å². The van der Waals surface area contributed by atoms with Gasteiger partial charge in [-0.15, -0.1) is 0 Å². The van der Waals surface area contributed by atoms with Crippen LogP contribution in [0.4, 0.5) is 0 Å². The van der Waals surface area contributed by atoms with E-state index in [1.807, 2.05) is 13.8 Å². The number of allylic oxidation sites excluding steroid dienone is 3. The minimum absolute atomic E-state index is 0.198. The summed E-state index contributed by atoms with van der Waals surface area (Å²) >= 11 is 0. The van der Waals surface area contributed by atoms with E-state index < -0.39 is 17.8 Å². The lowest BCUT2D eigenvalue weighted by Crippen LogP contribution is -2.39. The molecule has 0 saturated heterocycles. The van der Waals surface area contributed by atoms with Gasteiger partial charge in [0.2, 0.25) is 0 Å². The molecule has 0 bridgehead atoms. The summed E-state index contributed by atoms with van der Waals surface area (Å²) in [5, 5.41) is 30.1. The smallest absolute Gasteiger partial charge is 0.0811 e. The Kier molecular flexibility index (Phi) is 7.33. The minimum atomic E-state index is -0.680. The molecule has 4 unspecified atom stereocenters. The number of ether oxygens (including phenoxy) is 1. The highest BCUT2D eigenvalue weighted by Crippen LogP contribution is 2.58. The summed E-state index contributed by atoms with van der Waals surface area (Å²) < 4.78 is 6.19. The SMILES string of the molecule is C=C1/C(=C\C=C2/CCC[C@@]3(C)C2CC[C@@H]3C(C)OCCC(C)(C)O)CC(O)CC1O. The minimum Gasteiger partial charge on any atom is -0.393 e. The van der Waals surface area contributed by atoms with E-state index in [-0.39, 0.29) is 11.5 Å². The molecule has 4 nitrogen and oxygen atoms in total. The van der Waals surface area contributed by atoms with Gasteiger partial charge in [0.1, 0.15) is 0 Å². The van der Waals surface area contributed by atoms with E-state index in [9.17, 15) is 15.3 Å². The molecule has 170 valence electrons. The molecular formula is C26H42O4. The van der Waals surface area contributed by atoms with Crippen LogP contribution in [0.5, 0.6) is 0 Å². The molecule has 0 amide bonds. The fourth-order valence-corrected chi connectivity index (χ4v) is 6.13. The fourth-order valence-electron chi connectivity index (χ4n) is 6.13. The predicted octanol–water partition coefficient (Wildman–Crippen LogP) is 4.69. The molecule has 3 fully saturated rings. The van der Waals surface area contributed by atoms with Gasteiger partial charge in [0, 0.05) is 13.0 Å². The first kappa shape index (κ1) is 23.7. The first-order chi connectivity index (χ1) is 14.0. The number of hydrogen-bond acceptors (Lipinski definition) is 4. The van der Waals surface area contributed by atoms with Gasteiger partial charge in [-0.25, -0.2) is 0 Å². The van der Waals surface area contributed by atoms with Crippen molar-refractivity contribution in [2.24, 2.45) is 17.3 Å². The van der Waals surface area contributed by atoms with Gasteiger partial charge < -0.3 is 20.1 Å².